The summed E-state index contributed by atoms with van der Waals surface area (Å²) in [4.78, 5) is 23.6. The lowest BCUT2D eigenvalue weighted by Crippen LogP contribution is -2.48. The van der Waals surface area contributed by atoms with Gasteiger partial charge in [0.25, 0.3) is 0 Å². The number of halogens is 5. The van der Waals surface area contributed by atoms with E-state index in [0.717, 1.165) is 0 Å². The number of alkyl halides is 5. The third kappa shape index (κ3) is 6.24. The zero-order chi connectivity index (χ0) is 18.9. The zero-order valence-electron chi connectivity index (χ0n) is 13.6. The molecular formula is C15H21F5O4. The molecule has 2 atom stereocenters. The number of carbonyl (C=O) groups is 2. The van der Waals surface area contributed by atoms with Crippen LogP contribution in [0.2, 0.25) is 0 Å². The molecule has 0 aromatic carbocycles. The lowest BCUT2D eigenvalue weighted by atomic mass is 9.67. The SMILES string of the molecule is CC(C)(C)OC(=O)C(C1CC(F)(F)C1)C(CCC(F)(F)F)C(=O)O. The molecule has 0 aliphatic heterocycles. The molecule has 0 radical (unpaired) electrons. The molecule has 0 aromatic rings. The average molecular weight is 360 g/mol. The zero-order valence-corrected chi connectivity index (χ0v) is 13.6. The minimum atomic E-state index is -4.60. The van der Waals surface area contributed by atoms with Crippen LogP contribution in [-0.4, -0.2) is 34.7 Å². The van der Waals surface area contributed by atoms with Crippen LogP contribution in [0.25, 0.3) is 0 Å². The molecule has 1 saturated carbocycles. The first-order chi connectivity index (χ1) is 10.6. The maximum Gasteiger partial charge on any atom is 0.389 e. The highest BCUT2D eigenvalue weighted by Crippen LogP contribution is 2.49. The van der Waals surface area contributed by atoms with Crippen molar-refractivity contribution < 1.29 is 41.4 Å². The smallest absolute Gasteiger partial charge is 0.389 e. The summed E-state index contributed by atoms with van der Waals surface area (Å²) < 4.78 is 68.5. The molecule has 1 rings (SSSR count). The van der Waals surface area contributed by atoms with Crippen molar-refractivity contribution in [2.24, 2.45) is 17.8 Å². The van der Waals surface area contributed by atoms with E-state index in [1.54, 1.807) is 0 Å². The Morgan fingerprint density at radius 3 is 2.04 bits per heavy atom. The van der Waals surface area contributed by atoms with Gasteiger partial charge >= 0.3 is 18.1 Å². The first-order valence-electron chi connectivity index (χ1n) is 7.51. The van der Waals surface area contributed by atoms with E-state index >= 15 is 0 Å². The van der Waals surface area contributed by atoms with E-state index in [1.165, 1.54) is 20.8 Å². The van der Waals surface area contributed by atoms with Crippen LogP contribution < -0.4 is 0 Å². The normalized spacial score (nSPS) is 20.8. The first kappa shape index (κ1) is 20.6. The number of carboxylic acids is 1. The van der Waals surface area contributed by atoms with Crippen LogP contribution in [0, 0.1) is 17.8 Å². The van der Waals surface area contributed by atoms with Crippen LogP contribution in [0.3, 0.4) is 0 Å². The van der Waals surface area contributed by atoms with Gasteiger partial charge in [-0.05, 0) is 33.1 Å². The predicted molar refractivity (Wildman–Crippen MR) is 73.4 cm³/mol. The van der Waals surface area contributed by atoms with Crippen molar-refractivity contribution in [3.63, 3.8) is 0 Å². The van der Waals surface area contributed by atoms with Crippen LogP contribution in [0.1, 0.15) is 46.5 Å². The molecule has 140 valence electrons. The highest BCUT2D eigenvalue weighted by molar-refractivity contribution is 5.81. The van der Waals surface area contributed by atoms with Crippen molar-refractivity contribution in [3.05, 3.63) is 0 Å². The van der Waals surface area contributed by atoms with Gasteiger partial charge in [-0.2, -0.15) is 13.2 Å². The van der Waals surface area contributed by atoms with E-state index in [2.05, 4.69) is 0 Å². The van der Waals surface area contributed by atoms with Gasteiger partial charge in [0, 0.05) is 19.3 Å². The molecule has 1 aliphatic rings. The van der Waals surface area contributed by atoms with E-state index in [0.29, 0.717) is 0 Å². The summed E-state index contributed by atoms with van der Waals surface area (Å²) in [7, 11) is 0. The van der Waals surface area contributed by atoms with Gasteiger partial charge < -0.3 is 9.84 Å². The average Bonchev–Trinajstić information content (AvgIpc) is 2.27. The summed E-state index contributed by atoms with van der Waals surface area (Å²) in [5.41, 5.74) is -1.01. The van der Waals surface area contributed by atoms with E-state index in [4.69, 9.17) is 4.74 Å². The number of aliphatic carboxylic acids is 1. The second kappa shape index (κ2) is 6.84. The van der Waals surface area contributed by atoms with Crippen LogP contribution in [0.4, 0.5) is 22.0 Å². The Kier molecular flexibility index (Phi) is 5.88. The van der Waals surface area contributed by atoms with Crippen molar-refractivity contribution in [1.82, 2.24) is 0 Å². The highest BCUT2D eigenvalue weighted by Gasteiger charge is 2.54. The Hall–Kier alpha value is -1.41. The molecule has 0 aromatic heterocycles. The quantitative estimate of drug-likeness (QED) is 0.574. The molecule has 9 heteroatoms. The van der Waals surface area contributed by atoms with Crippen LogP contribution >= 0.6 is 0 Å². The largest absolute Gasteiger partial charge is 0.481 e. The van der Waals surface area contributed by atoms with E-state index in [-0.39, 0.29) is 0 Å². The molecule has 0 heterocycles. The lowest BCUT2D eigenvalue weighted by molar-refractivity contribution is -0.186. The lowest BCUT2D eigenvalue weighted by Gasteiger charge is -2.41. The van der Waals surface area contributed by atoms with Gasteiger partial charge in [0.2, 0.25) is 5.92 Å². The van der Waals surface area contributed by atoms with E-state index < -0.39 is 73.1 Å². The minimum Gasteiger partial charge on any atom is -0.481 e. The number of ether oxygens (including phenoxy) is 1. The van der Waals surface area contributed by atoms with Gasteiger partial charge in [-0.1, -0.05) is 0 Å². The Morgan fingerprint density at radius 1 is 1.21 bits per heavy atom. The summed E-state index contributed by atoms with van der Waals surface area (Å²) in [6.07, 6.45) is -8.33. The van der Waals surface area contributed by atoms with Gasteiger partial charge in [-0.3, -0.25) is 9.59 Å². The van der Waals surface area contributed by atoms with Crippen molar-refractivity contribution in [1.29, 1.82) is 0 Å². The molecule has 1 fully saturated rings. The molecule has 1 N–H and O–H groups in total. The molecule has 0 spiro atoms. The molecule has 0 amide bonds. The van der Waals surface area contributed by atoms with Gasteiger partial charge in [0.05, 0.1) is 11.8 Å². The molecule has 0 bridgehead atoms. The second-order valence-corrected chi connectivity index (χ2v) is 7.18. The summed E-state index contributed by atoms with van der Waals surface area (Å²) in [5, 5.41) is 9.22. The maximum atomic E-state index is 13.1. The number of hydrogen-bond donors (Lipinski definition) is 1. The maximum absolute atomic E-state index is 13.1. The monoisotopic (exact) mass is 360 g/mol. The Bertz CT molecular complexity index is 473. The third-order valence-electron chi connectivity index (χ3n) is 3.80. The van der Waals surface area contributed by atoms with Gasteiger partial charge in [0.15, 0.2) is 0 Å². The third-order valence-corrected chi connectivity index (χ3v) is 3.80. The van der Waals surface area contributed by atoms with E-state index in [9.17, 15) is 36.6 Å². The van der Waals surface area contributed by atoms with E-state index in [1.807, 2.05) is 0 Å². The van der Waals surface area contributed by atoms with Gasteiger partial charge in [-0.15, -0.1) is 0 Å². The fourth-order valence-electron chi connectivity index (χ4n) is 2.79. The van der Waals surface area contributed by atoms with Gasteiger partial charge in [0.1, 0.15) is 5.60 Å². The Balaban J connectivity index is 2.99. The number of rotatable bonds is 6. The minimum absolute atomic E-state index is 0.729. The number of hydrogen-bond acceptors (Lipinski definition) is 3. The predicted octanol–water partition coefficient (Wildman–Crippen LogP) is 4.03. The van der Waals surface area contributed by atoms with Crippen molar-refractivity contribution in [3.8, 4) is 0 Å². The first-order valence-corrected chi connectivity index (χ1v) is 7.51. The Labute approximate surface area is 136 Å². The molecule has 2 unspecified atom stereocenters. The van der Waals surface area contributed by atoms with Gasteiger partial charge in [-0.25, -0.2) is 8.78 Å². The summed E-state index contributed by atoms with van der Waals surface area (Å²) >= 11 is 0. The second-order valence-electron chi connectivity index (χ2n) is 7.18. The molecule has 0 saturated heterocycles. The molecule has 4 nitrogen and oxygen atoms in total. The number of esters is 1. The summed E-state index contributed by atoms with van der Waals surface area (Å²) in [5.74, 6) is -9.95. The Morgan fingerprint density at radius 2 is 1.71 bits per heavy atom. The standard InChI is InChI=1S/C15H21F5O4/c1-13(2,3)24-12(23)10(8-6-14(16,17)7-8)9(11(21)22)4-5-15(18,19)20/h8-10H,4-7H2,1-3H3,(H,21,22). The highest BCUT2D eigenvalue weighted by atomic mass is 19.4. The fraction of sp³-hybridized carbons (Fsp3) is 0.867. The van der Waals surface area contributed by atoms with Crippen LogP contribution in [-0.2, 0) is 14.3 Å². The number of carboxylic acid groups (broad SMARTS) is 1. The molecule has 1 aliphatic carbocycles. The summed E-state index contributed by atoms with van der Waals surface area (Å²) in [6.45, 7) is 4.51. The van der Waals surface area contributed by atoms with Crippen LogP contribution in [0.15, 0.2) is 0 Å². The van der Waals surface area contributed by atoms with Crippen molar-refractivity contribution in [2.45, 2.75) is 64.2 Å². The number of carbonyl (C=O) groups excluding carboxylic acids is 1. The van der Waals surface area contributed by atoms with Crippen LogP contribution in [0.5, 0.6) is 0 Å². The summed E-state index contributed by atoms with van der Waals surface area (Å²) in [6, 6.07) is 0. The topological polar surface area (TPSA) is 63.6 Å². The fourth-order valence-corrected chi connectivity index (χ4v) is 2.79. The van der Waals surface area contributed by atoms with Crippen molar-refractivity contribution in [2.75, 3.05) is 0 Å². The van der Waals surface area contributed by atoms with Crippen molar-refractivity contribution >= 4 is 11.9 Å². The molecule has 24 heavy (non-hydrogen) atoms. The molecular weight excluding hydrogens is 339 g/mol.